The van der Waals surface area contributed by atoms with Gasteiger partial charge in [0.05, 0.1) is 30.3 Å². The molecule has 170 valence electrons. The van der Waals surface area contributed by atoms with Gasteiger partial charge in [0.25, 0.3) is 0 Å². The Kier molecular flexibility index (Phi) is 5.51. The van der Waals surface area contributed by atoms with E-state index in [4.69, 9.17) is 0 Å². The van der Waals surface area contributed by atoms with Gasteiger partial charge in [0.1, 0.15) is 0 Å². The third-order valence-corrected chi connectivity index (χ3v) is 8.90. The Bertz CT molecular complexity index is 986. The molecule has 2 saturated carbocycles. The third-order valence-electron chi connectivity index (χ3n) is 8.90. The van der Waals surface area contributed by atoms with Crippen LogP contribution in [0, 0.1) is 23.2 Å². The Hall–Kier alpha value is -1.63. The summed E-state index contributed by atoms with van der Waals surface area (Å²) in [6.07, 6.45) is 5.32. The summed E-state index contributed by atoms with van der Waals surface area (Å²) in [6, 6.07) is 8.02. The summed E-state index contributed by atoms with van der Waals surface area (Å²) in [5, 5.41) is 19.2. The minimum absolute atomic E-state index is 0.0682. The maximum absolute atomic E-state index is 13.3. The van der Waals surface area contributed by atoms with E-state index in [-0.39, 0.29) is 24.9 Å². The zero-order valence-corrected chi connectivity index (χ0v) is 18.9. The van der Waals surface area contributed by atoms with Gasteiger partial charge in [0.15, 0.2) is 0 Å². The molecule has 1 saturated heterocycles. The Labute approximate surface area is 184 Å². The number of aliphatic hydroxyl groups is 2. The fourth-order valence-electron chi connectivity index (χ4n) is 7.02. The molecule has 2 N–H and O–H groups in total. The number of aliphatic hydroxyl groups excluding tert-OH is 2. The van der Waals surface area contributed by atoms with Crippen molar-refractivity contribution in [3.63, 3.8) is 0 Å². The van der Waals surface area contributed by atoms with Crippen LogP contribution in [0.5, 0.6) is 0 Å². The van der Waals surface area contributed by atoms with E-state index in [0.29, 0.717) is 5.41 Å². The van der Waals surface area contributed by atoms with Crippen molar-refractivity contribution in [2.75, 3.05) is 26.2 Å². The number of likely N-dealkylation sites (tertiary alicyclic amines) is 1. The number of nitrogens with zero attached hydrogens (tertiary/aromatic N) is 3. The molecule has 0 spiro atoms. The minimum Gasteiger partial charge on any atom is -0.394 e. The van der Waals surface area contributed by atoms with Gasteiger partial charge in [0, 0.05) is 25.7 Å². The smallest absolute Gasteiger partial charge is 0.329 e. The highest BCUT2D eigenvalue weighted by molar-refractivity contribution is 5.76. The first-order valence-corrected chi connectivity index (χ1v) is 12.1. The summed E-state index contributed by atoms with van der Waals surface area (Å²) in [6.45, 7) is 8.05. The van der Waals surface area contributed by atoms with Crippen LogP contribution in [-0.2, 0) is 6.54 Å². The van der Waals surface area contributed by atoms with E-state index in [1.165, 1.54) is 25.8 Å². The van der Waals surface area contributed by atoms with E-state index in [1.807, 2.05) is 28.8 Å². The molecule has 0 amide bonds. The predicted octanol–water partition coefficient (Wildman–Crippen LogP) is 2.87. The van der Waals surface area contributed by atoms with Crippen LogP contribution in [0.4, 0.5) is 0 Å². The van der Waals surface area contributed by atoms with Gasteiger partial charge >= 0.3 is 5.69 Å². The van der Waals surface area contributed by atoms with Crippen molar-refractivity contribution in [2.45, 2.75) is 64.6 Å². The number of benzene rings is 1. The summed E-state index contributed by atoms with van der Waals surface area (Å²) in [4.78, 5) is 15.9. The van der Waals surface area contributed by atoms with Crippen molar-refractivity contribution < 1.29 is 10.2 Å². The van der Waals surface area contributed by atoms with Crippen LogP contribution >= 0.6 is 0 Å². The monoisotopic (exact) mass is 427 g/mol. The highest BCUT2D eigenvalue weighted by Gasteiger charge is 2.52. The maximum Gasteiger partial charge on any atom is 0.329 e. The Morgan fingerprint density at radius 1 is 1.10 bits per heavy atom. The van der Waals surface area contributed by atoms with Crippen LogP contribution in [0.25, 0.3) is 11.0 Å². The summed E-state index contributed by atoms with van der Waals surface area (Å²) in [7, 11) is 0. The van der Waals surface area contributed by atoms with E-state index in [9.17, 15) is 15.0 Å². The fraction of sp³-hybridized carbons (Fsp3) is 0.720. The van der Waals surface area contributed by atoms with Crippen molar-refractivity contribution in [1.82, 2.24) is 14.0 Å². The lowest BCUT2D eigenvalue weighted by molar-refractivity contribution is 0.0643. The number of piperidine rings is 1. The van der Waals surface area contributed by atoms with Gasteiger partial charge in [0.2, 0.25) is 0 Å². The number of fused-ring (bicyclic) bond motifs is 3. The van der Waals surface area contributed by atoms with Crippen LogP contribution in [0.2, 0.25) is 0 Å². The number of hydrogen-bond acceptors (Lipinski definition) is 4. The Morgan fingerprint density at radius 3 is 2.45 bits per heavy atom. The lowest BCUT2D eigenvalue weighted by Gasteiger charge is -2.42. The standard InChI is InChI=1S/C25H37N3O3/c1-25(2)18-8-7-17(13-18)21(25)15-26-11-9-19(10-12-26)28-23-6-4-3-5-22(23)27(24(28)31)14-20(30)16-29/h3-6,17-21,29-30H,7-16H2,1-2H3/t17-,18+,20+,21+/m1/s1. The lowest BCUT2D eigenvalue weighted by atomic mass is 9.68. The van der Waals surface area contributed by atoms with Gasteiger partial charge in [-0.05, 0) is 67.4 Å². The predicted molar refractivity (Wildman–Crippen MR) is 122 cm³/mol. The lowest BCUT2D eigenvalue weighted by Crippen LogP contribution is -2.44. The average Bonchev–Trinajstić information content (AvgIpc) is 3.42. The molecule has 31 heavy (non-hydrogen) atoms. The van der Waals surface area contributed by atoms with Gasteiger partial charge in [-0.3, -0.25) is 9.13 Å². The summed E-state index contributed by atoms with van der Waals surface area (Å²) in [5.41, 5.74) is 2.18. The minimum atomic E-state index is -0.927. The van der Waals surface area contributed by atoms with Crippen molar-refractivity contribution in [3.8, 4) is 0 Å². The van der Waals surface area contributed by atoms with E-state index in [0.717, 1.165) is 54.7 Å². The number of imidazole rings is 1. The molecule has 5 rings (SSSR count). The fourth-order valence-corrected chi connectivity index (χ4v) is 7.02. The molecular weight excluding hydrogens is 390 g/mol. The molecule has 0 unspecified atom stereocenters. The first-order chi connectivity index (χ1) is 14.9. The van der Waals surface area contributed by atoms with Crippen LogP contribution in [0.1, 0.15) is 52.0 Å². The highest BCUT2D eigenvalue weighted by atomic mass is 16.3. The first-order valence-electron chi connectivity index (χ1n) is 12.1. The molecule has 0 radical (unpaired) electrons. The van der Waals surface area contributed by atoms with E-state index in [2.05, 4.69) is 18.7 Å². The second-order valence-corrected chi connectivity index (χ2v) is 10.8. The molecule has 1 aromatic carbocycles. The van der Waals surface area contributed by atoms with Gasteiger partial charge < -0.3 is 15.1 Å². The molecule has 1 aliphatic heterocycles. The largest absolute Gasteiger partial charge is 0.394 e. The van der Waals surface area contributed by atoms with Crippen LogP contribution in [0.15, 0.2) is 29.1 Å². The Morgan fingerprint density at radius 2 is 1.81 bits per heavy atom. The molecule has 2 aromatic rings. The van der Waals surface area contributed by atoms with Crippen LogP contribution in [-0.4, -0.2) is 56.6 Å². The molecule has 3 fully saturated rings. The third kappa shape index (κ3) is 3.57. The average molecular weight is 428 g/mol. The molecule has 2 aliphatic carbocycles. The zero-order chi connectivity index (χ0) is 21.8. The molecule has 2 heterocycles. The normalized spacial score (nSPS) is 29.7. The number of rotatable bonds is 6. The van der Waals surface area contributed by atoms with Crippen molar-refractivity contribution >= 4 is 11.0 Å². The highest BCUT2D eigenvalue weighted by Crippen LogP contribution is 2.59. The van der Waals surface area contributed by atoms with Gasteiger partial charge in [-0.2, -0.15) is 0 Å². The van der Waals surface area contributed by atoms with Crippen LogP contribution < -0.4 is 5.69 Å². The Balaban J connectivity index is 1.32. The molecule has 1 aromatic heterocycles. The number of hydrogen-bond donors (Lipinski definition) is 2. The topological polar surface area (TPSA) is 70.6 Å². The number of aromatic nitrogens is 2. The maximum atomic E-state index is 13.3. The molecule has 2 bridgehead atoms. The summed E-state index contributed by atoms with van der Waals surface area (Å²) >= 11 is 0. The summed E-state index contributed by atoms with van der Waals surface area (Å²) < 4.78 is 3.57. The zero-order valence-electron chi connectivity index (χ0n) is 18.9. The quantitative estimate of drug-likeness (QED) is 0.744. The second-order valence-electron chi connectivity index (χ2n) is 10.8. The van der Waals surface area contributed by atoms with E-state index < -0.39 is 6.10 Å². The van der Waals surface area contributed by atoms with Gasteiger partial charge in [-0.15, -0.1) is 0 Å². The van der Waals surface area contributed by atoms with E-state index >= 15 is 0 Å². The molecular formula is C25H37N3O3. The van der Waals surface area contributed by atoms with Crippen molar-refractivity contribution in [2.24, 2.45) is 23.2 Å². The summed E-state index contributed by atoms with van der Waals surface area (Å²) in [5.74, 6) is 2.64. The van der Waals surface area contributed by atoms with Crippen LogP contribution in [0.3, 0.4) is 0 Å². The first kappa shape index (κ1) is 21.2. The number of para-hydroxylation sites is 2. The molecule has 6 nitrogen and oxygen atoms in total. The SMILES string of the molecule is CC1(C)[C@H]2CC[C@H](C2)[C@@H]1CN1CCC(n2c(=O)n(C[C@H](O)CO)c3ccccc32)CC1. The van der Waals surface area contributed by atoms with Crippen molar-refractivity contribution in [1.29, 1.82) is 0 Å². The second kappa shape index (κ2) is 8.05. The van der Waals surface area contributed by atoms with Crippen molar-refractivity contribution in [3.05, 3.63) is 34.7 Å². The molecule has 3 aliphatic rings. The molecule has 6 heteroatoms. The van der Waals surface area contributed by atoms with Gasteiger partial charge in [-0.25, -0.2) is 4.79 Å². The van der Waals surface area contributed by atoms with Gasteiger partial charge in [-0.1, -0.05) is 26.0 Å². The molecule has 4 atom stereocenters. The van der Waals surface area contributed by atoms with E-state index in [1.54, 1.807) is 4.57 Å².